The van der Waals surface area contributed by atoms with Gasteiger partial charge in [-0.15, -0.1) is 0 Å². The molecule has 0 saturated carbocycles. The zero-order chi connectivity index (χ0) is 17.7. The van der Waals surface area contributed by atoms with Crippen molar-refractivity contribution in [1.29, 1.82) is 0 Å². The van der Waals surface area contributed by atoms with E-state index in [9.17, 15) is 13.6 Å². The third-order valence-electron chi connectivity index (χ3n) is 4.67. The highest BCUT2D eigenvalue weighted by Crippen LogP contribution is 2.14. The predicted molar refractivity (Wildman–Crippen MR) is 90.8 cm³/mol. The van der Waals surface area contributed by atoms with Crippen LogP contribution >= 0.6 is 0 Å². The third kappa shape index (κ3) is 4.98. The lowest BCUT2D eigenvalue weighted by Gasteiger charge is -2.39. The third-order valence-corrected chi connectivity index (χ3v) is 4.67. The highest BCUT2D eigenvalue weighted by Gasteiger charge is 2.25. The van der Waals surface area contributed by atoms with Gasteiger partial charge in [-0.2, -0.15) is 0 Å². The molecule has 0 aromatic heterocycles. The Morgan fingerprint density at radius 2 is 1.88 bits per heavy atom. The van der Waals surface area contributed by atoms with Crippen molar-refractivity contribution in [3.05, 3.63) is 35.4 Å². The molecule has 1 amide bonds. The van der Waals surface area contributed by atoms with E-state index < -0.39 is 11.6 Å². The molecule has 1 aromatic carbocycles. The summed E-state index contributed by atoms with van der Waals surface area (Å²) in [6, 6.07) is 4.17. The SMILES string of the molecule is CC(C)[C@H](CNC(=O)Cc1cccc(F)c1F)N1CCN(C)CC1. The summed E-state index contributed by atoms with van der Waals surface area (Å²) in [5.41, 5.74) is 0.0909. The first-order valence-corrected chi connectivity index (χ1v) is 8.50. The quantitative estimate of drug-likeness (QED) is 0.860. The molecule has 0 unspecified atom stereocenters. The van der Waals surface area contributed by atoms with Gasteiger partial charge in [-0.25, -0.2) is 8.78 Å². The normalized spacial score (nSPS) is 17.9. The van der Waals surface area contributed by atoms with Crippen molar-refractivity contribution in [2.45, 2.75) is 26.3 Å². The van der Waals surface area contributed by atoms with E-state index in [0.717, 1.165) is 32.2 Å². The van der Waals surface area contributed by atoms with Gasteiger partial charge in [0.05, 0.1) is 6.42 Å². The molecule has 0 spiro atoms. The predicted octanol–water partition coefficient (Wildman–Crippen LogP) is 1.90. The van der Waals surface area contributed by atoms with Crippen molar-refractivity contribution >= 4 is 5.91 Å². The Labute approximate surface area is 142 Å². The van der Waals surface area contributed by atoms with Crippen LogP contribution in [0.4, 0.5) is 8.78 Å². The zero-order valence-electron chi connectivity index (χ0n) is 14.7. The highest BCUT2D eigenvalue weighted by molar-refractivity contribution is 5.78. The van der Waals surface area contributed by atoms with Crippen LogP contribution in [0.3, 0.4) is 0 Å². The fraction of sp³-hybridized carbons (Fsp3) is 0.611. The average Bonchev–Trinajstić information content (AvgIpc) is 2.53. The topological polar surface area (TPSA) is 35.6 Å². The van der Waals surface area contributed by atoms with Crippen molar-refractivity contribution in [3.8, 4) is 0 Å². The number of nitrogens with one attached hydrogen (secondary N) is 1. The maximum Gasteiger partial charge on any atom is 0.224 e. The minimum atomic E-state index is -0.938. The van der Waals surface area contributed by atoms with Crippen LogP contribution in [-0.2, 0) is 11.2 Å². The number of nitrogens with zero attached hydrogens (tertiary/aromatic N) is 2. The van der Waals surface area contributed by atoms with Gasteiger partial charge in [0.15, 0.2) is 11.6 Å². The fourth-order valence-corrected chi connectivity index (χ4v) is 3.08. The van der Waals surface area contributed by atoms with Gasteiger partial charge in [-0.3, -0.25) is 9.69 Å². The first kappa shape index (κ1) is 18.8. The lowest BCUT2D eigenvalue weighted by molar-refractivity contribution is -0.120. The molecule has 0 radical (unpaired) electrons. The summed E-state index contributed by atoms with van der Waals surface area (Å²) in [6.07, 6.45) is -0.142. The number of hydrogen-bond acceptors (Lipinski definition) is 3. The van der Waals surface area contributed by atoms with Gasteiger partial charge in [-0.1, -0.05) is 26.0 Å². The van der Waals surface area contributed by atoms with Gasteiger partial charge in [-0.05, 0) is 19.0 Å². The van der Waals surface area contributed by atoms with Crippen molar-refractivity contribution < 1.29 is 13.6 Å². The van der Waals surface area contributed by atoms with Gasteiger partial charge >= 0.3 is 0 Å². The van der Waals surface area contributed by atoms with Crippen LogP contribution in [0.1, 0.15) is 19.4 Å². The standard InChI is InChI=1S/C18H27F2N3O/c1-13(2)16(23-9-7-22(3)8-10-23)12-21-17(24)11-14-5-4-6-15(19)18(14)20/h4-6,13,16H,7-12H2,1-3H3,(H,21,24)/t16-/m0/s1. The highest BCUT2D eigenvalue weighted by atomic mass is 19.2. The molecule has 1 heterocycles. The minimum absolute atomic E-state index is 0.0909. The van der Waals surface area contributed by atoms with Crippen LogP contribution in [0.5, 0.6) is 0 Å². The Morgan fingerprint density at radius 3 is 2.50 bits per heavy atom. The van der Waals surface area contributed by atoms with Gasteiger partial charge in [0, 0.05) is 44.3 Å². The molecular formula is C18H27F2N3O. The molecule has 1 aromatic rings. The maximum atomic E-state index is 13.6. The molecular weight excluding hydrogens is 312 g/mol. The lowest BCUT2D eigenvalue weighted by atomic mass is 10.0. The van der Waals surface area contributed by atoms with E-state index in [0.29, 0.717) is 12.5 Å². The van der Waals surface area contributed by atoms with E-state index in [1.54, 1.807) is 0 Å². The molecule has 134 valence electrons. The van der Waals surface area contributed by atoms with Gasteiger partial charge in [0.2, 0.25) is 5.91 Å². The molecule has 1 aliphatic heterocycles. The number of amides is 1. The minimum Gasteiger partial charge on any atom is -0.354 e. The molecule has 0 aliphatic carbocycles. The Bertz CT molecular complexity index is 557. The largest absolute Gasteiger partial charge is 0.354 e. The Kier molecular flexibility index (Phi) is 6.69. The molecule has 4 nitrogen and oxygen atoms in total. The van der Waals surface area contributed by atoms with Crippen LogP contribution < -0.4 is 5.32 Å². The number of likely N-dealkylation sites (N-methyl/N-ethyl adjacent to an activating group) is 1. The Morgan fingerprint density at radius 1 is 1.21 bits per heavy atom. The Hall–Kier alpha value is -1.53. The van der Waals surface area contributed by atoms with E-state index in [-0.39, 0.29) is 23.9 Å². The molecule has 6 heteroatoms. The number of carbonyl (C=O) groups excluding carboxylic acids is 1. The smallest absolute Gasteiger partial charge is 0.224 e. The second kappa shape index (κ2) is 8.53. The van der Waals surface area contributed by atoms with E-state index >= 15 is 0 Å². The van der Waals surface area contributed by atoms with E-state index in [2.05, 4.69) is 36.0 Å². The summed E-state index contributed by atoms with van der Waals surface area (Å²) in [7, 11) is 2.11. The summed E-state index contributed by atoms with van der Waals surface area (Å²) in [5, 5.41) is 2.88. The lowest BCUT2D eigenvalue weighted by Crippen LogP contribution is -2.54. The first-order chi connectivity index (χ1) is 11.4. The van der Waals surface area contributed by atoms with E-state index in [1.807, 2.05) is 0 Å². The molecule has 1 saturated heterocycles. The zero-order valence-corrected chi connectivity index (χ0v) is 14.7. The molecule has 0 bridgehead atoms. The molecule has 1 fully saturated rings. The second-order valence-electron chi connectivity index (χ2n) is 6.84. The van der Waals surface area contributed by atoms with E-state index in [4.69, 9.17) is 0 Å². The van der Waals surface area contributed by atoms with Crippen molar-refractivity contribution in [3.63, 3.8) is 0 Å². The number of carbonyl (C=O) groups is 1. The summed E-state index contributed by atoms with van der Waals surface area (Å²) in [4.78, 5) is 16.8. The van der Waals surface area contributed by atoms with Crippen LogP contribution in [0.15, 0.2) is 18.2 Å². The van der Waals surface area contributed by atoms with Crippen molar-refractivity contribution in [2.24, 2.45) is 5.92 Å². The summed E-state index contributed by atoms with van der Waals surface area (Å²) < 4.78 is 26.9. The number of halogens is 2. The Balaban J connectivity index is 1.89. The van der Waals surface area contributed by atoms with Crippen LogP contribution in [-0.4, -0.2) is 61.5 Å². The summed E-state index contributed by atoms with van der Waals surface area (Å²) in [6.45, 7) is 8.80. The van der Waals surface area contributed by atoms with Crippen LogP contribution in [0.2, 0.25) is 0 Å². The number of rotatable bonds is 6. The van der Waals surface area contributed by atoms with Gasteiger partial charge in [0.1, 0.15) is 0 Å². The van der Waals surface area contributed by atoms with E-state index in [1.165, 1.54) is 12.1 Å². The van der Waals surface area contributed by atoms with Crippen LogP contribution in [0.25, 0.3) is 0 Å². The average molecular weight is 339 g/mol. The first-order valence-electron chi connectivity index (χ1n) is 8.50. The summed E-state index contributed by atoms with van der Waals surface area (Å²) in [5.74, 6) is -1.73. The molecule has 1 atom stereocenters. The second-order valence-corrected chi connectivity index (χ2v) is 6.84. The maximum absolute atomic E-state index is 13.6. The fourth-order valence-electron chi connectivity index (χ4n) is 3.08. The molecule has 24 heavy (non-hydrogen) atoms. The van der Waals surface area contributed by atoms with Crippen LogP contribution in [0, 0.1) is 17.6 Å². The number of hydrogen-bond donors (Lipinski definition) is 1. The summed E-state index contributed by atoms with van der Waals surface area (Å²) >= 11 is 0. The van der Waals surface area contributed by atoms with Crippen molar-refractivity contribution in [1.82, 2.24) is 15.1 Å². The van der Waals surface area contributed by atoms with Crippen molar-refractivity contribution in [2.75, 3.05) is 39.8 Å². The number of piperazine rings is 1. The monoisotopic (exact) mass is 339 g/mol. The molecule has 2 rings (SSSR count). The van der Waals surface area contributed by atoms with Gasteiger partial charge in [0.25, 0.3) is 0 Å². The molecule has 1 aliphatic rings. The number of benzene rings is 1. The molecule has 1 N–H and O–H groups in total. The van der Waals surface area contributed by atoms with Gasteiger partial charge < -0.3 is 10.2 Å².